The van der Waals surface area contributed by atoms with Crippen LogP contribution in [0.5, 0.6) is 0 Å². The van der Waals surface area contributed by atoms with Gasteiger partial charge < -0.3 is 13.6 Å². The second kappa shape index (κ2) is 4.73. The van der Waals surface area contributed by atoms with Crippen LogP contribution in [0.25, 0.3) is 0 Å². The zero-order valence-corrected chi connectivity index (χ0v) is 9.14. The summed E-state index contributed by atoms with van der Waals surface area (Å²) in [5.74, 6) is 0. The van der Waals surface area contributed by atoms with E-state index in [-0.39, 0.29) is 17.6 Å². The highest BCUT2D eigenvalue weighted by atomic mass is 35.5. The Labute approximate surface area is 79.3 Å². The summed E-state index contributed by atoms with van der Waals surface area (Å²) in [6, 6.07) is 0. The summed E-state index contributed by atoms with van der Waals surface area (Å²) >= 11 is 5.70. The van der Waals surface area contributed by atoms with Gasteiger partial charge in [0.15, 0.2) is 0 Å². The third-order valence-electron chi connectivity index (χ3n) is 1.58. The molecular formula is C7H14ClO3P. The predicted molar refractivity (Wildman–Crippen MR) is 49.3 cm³/mol. The maximum absolute atomic E-state index is 5.70. The molecule has 3 unspecified atom stereocenters. The first kappa shape index (κ1) is 10.7. The standard InChI is InChI=1S/C7H14ClO3P/c1-5(8)4-9-12-10-6(2)7(3)11-12/h5-7H,4H2,1-3H3. The van der Waals surface area contributed by atoms with Crippen LogP contribution in [0.1, 0.15) is 20.8 Å². The molecule has 3 nitrogen and oxygen atoms in total. The first-order valence-corrected chi connectivity index (χ1v) is 5.53. The van der Waals surface area contributed by atoms with Crippen molar-refractivity contribution in [2.24, 2.45) is 0 Å². The van der Waals surface area contributed by atoms with Crippen molar-refractivity contribution in [3.05, 3.63) is 0 Å². The lowest BCUT2D eigenvalue weighted by molar-refractivity contribution is 0.187. The van der Waals surface area contributed by atoms with E-state index in [1.54, 1.807) is 0 Å². The highest BCUT2D eigenvalue weighted by Crippen LogP contribution is 2.49. The van der Waals surface area contributed by atoms with E-state index in [0.717, 1.165) is 0 Å². The third-order valence-corrected chi connectivity index (χ3v) is 3.07. The van der Waals surface area contributed by atoms with Crippen molar-refractivity contribution in [1.82, 2.24) is 0 Å². The van der Waals surface area contributed by atoms with Crippen molar-refractivity contribution in [1.29, 1.82) is 0 Å². The van der Waals surface area contributed by atoms with Crippen LogP contribution in [0.2, 0.25) is 0 Å². The molecule has 0 saturated carbocycles. The maximum atomic E-state index is 5.70. The van der Waals surface area contributed by atoms with E-state index < -0.39 is 8.60 Å². The molecule has 72 valence electrons. The van der Waals surface area contributed by atoms with E-state index in [2.05, 4.69) is 0 Å². The minimum absolute atomic E-state index is 0.00547. The van der Waals surface area contributed by atoms with Gasteiger partial charge in [-0.1, -0.05) is 0 Å². The monoisotopic (exact) mass is 212 g/mol. The molecule has 0 radical (unpaired) electrons. The SMILES string of the molecule is CC(Cl)COP1OC(C)C(C)O1. The van der Waals surface area contributed by atoms with Crippen molar-refractivity contribution >= 4 is 20.2 Å². The molecule has 5 heteroatoms. The summed E-state index contributed by atoms with van der Waals surface area (Å²) in [5.41, 5.74) is 0. The van der Waals surface area contributed by atoms with Crippen molar-refractivity contribution in [3.63, 3.8) is 0 Å². The Morgan fingerprint density at radius 1 is 1.42 bits per heavy atom. The fraction of sp³-hybridized carbons (Fsp3) is 1.00. The van der Waals surface area contributed by atoms with Gasteiger partial charge in [-0.25, -0.2) is 0 Å². The summed E-state index contributed by atoms with van der Waals surface area (Å²) in [6.07, 6.45) is 0.253. The lowest BCUT2D eigenvalue weighted by atomic mass is 10.3. The lowest BCUT2D eigenvalue weighted by Gasteiger charge is -2.09. The zero-order chi connectivity index (χ0) is 9.14. The summed E-state index contributed by atoms with van der Waals surface area (Å²) in [4.78, 5) is 0. The lowest BCUT2D eigenvalue weighted by Crippen LogP contribution is -2.13. The van der Waals surface area contributed by atoms with E-state index in [1.165, 1.54) is 0 Å². The Balaban J connectivity index is 2.19. The van der Waals surface area contributed by atoms with E-state index in [9.17, 15) is 0 Å². The molecule has 0 spiro atoms. The topological polar surface area (TPSA) is 27.7 Å². The Hall–Kier alpha value is 0.600. The van der Waals surface area contributed by atoms with Crippen LogP contribution in [0.4, 0.5) is 0 Å². The van der Waals surface area contributed by atoms with Gasteiger partial charge >= 0.3 is 8.60 Å². The van der Waals surface area contributed by atoms with Crippen LogP contribution in [-0.2, 0) is 13.6 Å². The number of halogens is 1. The molecule has 1 rings (SSSR count). The van der Waals surface area contributed by atoms with Gasteiger partial charge in [-0.3, -0.25) is 0 Å². The molecule has 0 aromatic rings. The summed E-state index contributed by atoms with van der Waals surface area (Å²) in [7, 11) is -1.14. The summed E-state index contributed by atoms with van der Waals surface area (Å²) in [6.45, 7) is 6.30. The minimum atomic E-state index is -1.14. The Morgan fingerprint density at radius 2 is 1.92 bits per heavy atom. The average Bonchev–Trinajstić information content (AvgIpc) is 2.28. The minimum Gasteiger partial charge on any atom is -0.311 e. The predicted octanol–water partition coefficient (Wildman–Crippen LogP) is 2.68. The molecule has 0 aliphatic carbocycles. The number of hydrogen-bond acceptors (Lipinski definition) is 3. The third kappa shape index (κ3) is 3.15. The van der Waals surface area contributed by atoms with Gasteiger partial charge in [0.2, 0.25) is 0 Å². The van der Waals surface area contributed by atoms with E-state index in [0.29, 0.717) is 6.61 Å². The van der Waals surface area contributed by atoms with Gasteiger partial charge in [0.25, 0.3) is 0 Å². The van der Waals surface area contributed by atoms with Crippen molar-refractivity contribution in [2.45, 2.75) is 38.4 Å². The van der Waals surface area contributed by atoms with Crippen molar-refractivity contribution < 1.29 is 13.6 Å². The largest absolute Gasteiger partial charge is 0.333 e. The molecular weight excluding hydrogens is 199 g/mol. The zero-order valence-electron chi connectivity index (χ0n) is 7.49. The molecule has 1 aliphatic rings. The fourth-order valence-corrected chi connectivity index (χ4v) is 2.25. The van der Waals surface area contributed by atoms with Gasteiger partial charge in [-0.2, -0.15) is 0 Å². The fourth-order valence-electron chi connectivity index (χ4n) is 0.692. The van der Waals surface area contributed by atoms with Crippen molar-refractivity contribution in [2.75, 3.05) is 6.61 Å². The summed E-state index contributed by atoms with van der Waals surface area (Å²) < 4.78 is 16.1. The van der Waals surface area contributed by atoms with Crippen LogP contribution >= 0.6 is 20.2 Å². The molecule has 0 amide bonds. The maximum Gasteiger partial charge on any atom is 0.333 e. The van der Waals surface area contributed by atoms with Crippen LogP contribution < -0.4 is 0 Å². The number of alkyl halides is 1. The first-order chi connectivity index (χ1) is 5.59. The molecule has 0 aromatic heterocycles. The molecule has 1 heterocycles. The number of hydrogen-bond donors (Lipinski definition) is 0. The van der Waals surface area contributed by atoms with Crippen LogP contribution in [0.15, 0.2) is 0 Å². The Bertz CT molecular complexity index is 135. The molecule has 1 fully saturated rings. The van der Waals surface area contributed by atoms with Crippen molar-refractivity contribution in [3.8, 4) is 0 Å². The van der Waals surface area contributed by atoms with Crippen LogP contribution in [0.3, 0.4) is 0 Å². The normalized spacial score (nSPS) is 38.5. The van der Waals surface area contributed by atoms with Gasteiger partial charge in [0.05, 0.1) is 24.2 Å². The quantitative estimate of drug-likeness (QED) is 0.532. The van der Waals surface area contributed by atoms with E-state index >= 15 is 0 Å². The highest BCUT2D eigenvalue weighted by molar-refractivity contribution is 7.42. The molecule has 0 N–H and O–H groups in total. The molecule has 0 aromatic carbocycles. The molecule has 3 atom stereocenters. The highest BCUT2D eigenvalue weighted by Gasteiger charge is 2.32. The van der Waals surface area contributed by atoms with Gasteiger partial charge in [-0.05, 0) is 20.8 Å². The second-order valence-corrected chi connectivity index (χ2v) is 4.79. The van der Waals surface area contributed by atoms with Crippen LogP contribution in [0, 0.1) is 0 Å². The van der Waals surface area contributed by atoms with Gasteiger partial charge in [-0.15, -0.1) is 11.6 Å². The first-order valence-electron chi connectivity index (χ1n) is 4.00. The van der Waals surface area contributed by atoms with Gasteiger partial charge in [0, 0.05) is 0 Å². The Kier molecular flexibility index (Phi) is 4.21. The molecule has 12 heavy (non-hydrogen) atoms. The smallest absolute Gasteiger partial charge is 0.311 e. The molecule has 0 bridgehead atoms. The average molecular weight is 213 g/mol. The number of rotatable bonds is 3. The summed E-state index contributed by atoms with van der Waals surface area (Å²) in [5, 5.41) is 0.00547. The van der Waals surface area contributed by atoms with E-state index in [1.807, 2.05) is 20.8 Å². The van der Waals surface area contributed by atoms with E-state index in [4.69, 9.17) is 25.2 Å². The van der Waals surface area contributed by atoms with Gasteiger partial charge in [0.1, 0.15) is 0 Å². The second-order valence-electron chi connectivity index (χ2n) is 2.92. The van der Waals surface area contributed by atoms with Crippen LogP contribution in [-0.4, -0.2) is 24.2 Å². The molecule has 1 aliphatic heterocycles. The molecule has 1 saturated heterocycles. The Morgan fingerprint density at radius 3 is 2.33 bits per heavy atom.